The fraction of sp³-hybridized carbons (Fsp3) is 0.636. The van der Waals surface area contributed by atoms with Crippen molar-refractivity contribution in [3.8, 4) is 0 Å². The molecule has 1 heterocycles. The van der Waals surface area contributed by atoms with Crippen LogP contribution in [0.5, 0.6) is 0 Å². The zero-order chi connectivity index (χ0) is 12.7. The third-order valence-electron chi connectivity index (χ3n) is 2.56. The van der Waals surface area contributed by atoms with E-state index in [1.165, 1.54) is 0 Å². The molecule has 17 heavy (non-hydrogen) atoms. The molecule has 1 unspecified atom stereocenters. The Labute approximate surface area is 101 Å². The maximum Gasteiger partial charge on any atom is 0.240 e. The first-order valence-electron chi connectivity index (χ1n) is 5.69. The van der Waals surface area contributed by atoms with Crippen molar-refractivity contribution in [2.24, 2.45) is 0 Å². The van der Waals surface area contributed by atoms with Crippen LogP contribution >= 0.6 is 0 Å². The van der Waals surface area contributed by atoms with Crippen LogP contribution in [0.1, 0.15) is 6.42 Å². The highest BCUT2D eigenvalue weighted by atomic mass is 16.3. The Kier molecular flexibility index (Phi) is 5.65. The van der Waals surface area contributed by atoms with E-state index in [4.69, 9.17) is 5.11 Å². The molecular weight excluding hydrogens is 222 g/mol. The molecule has 1 atom stereocenters. The molecular formula is C11H19N3O3. The predicted molar refractivity (Wildman–Crippen MR) is 63.3 cm³/mol. The molecule has 0 aliphatic carbocycles. The summed E-state index contributed by atoms with van der Waals surface area (Å²) >= 11 is 0. The maximum atomic E-state index is 11.9. The smallest absolute Gasteiger partial charge is 0.240 e. The van der Waals surface area contributed by atoms with E-state index < -0.39 is 6.04 Å². The molecule has 6 heteroatoms. The van der Waals surface area contributed by atoms with E-state index in [0.29, 0.717) is 19.6 Å². The maximum absolute atomic E-state index is 11.9. The third-order valence-corrected chi connectivity index (χ3v) is 2.56. The van der Waals surface area contributed by atoms with Crippen molar-refractivity contribution >= 4 is 11.8 Å². The number of carbonyl (C=O) groups is 2. The predicted octanol–water partition coefficient (Wildman–Crippen LogP) is -1.53. The molecule has 2 amide bonds. The molecule has 1 rings (SSSR count). The van der Waals surface area contributed by atoms with Gasteiger partial charge in [0.15, 0.2) is 0 Å². The molecule has 0 spiro atoms. The van der Waals surface area contributed by atoms with Crippen LogP contribution in [0.25, 0.3) is 0 Å². The Morgan fingerprint density at radius 1 is 1.71 bits per heavy atom. The molecule has 1 saturated heterocycles. The normalized spacial score (nSPS) is 20.2. The lowest BCUT2D eigenvalue weighted by molar-refractivity contribution is -0.137. The van der Waals surface area contributed by atoms with Crippen LogP contribution in [0.15, 0.2) is 12.7 Å². The number of nitrogens with zero attached hydrogens (tertiary/aromatic N) is 1. The number of hydrogen-bond acceptors (Lipinski definition) is 4. The Morgan fingerprint density at radius 2 is 2.47 bits per heavy atom. The third kappa shape index (κ3) is 4.16. The van der Waals surface area contributed by atoms with Crippen LogP contribution in [0.4, 0.5) is 0 Å². The first-order chi connectivity index (χ1) is 8.19. The van der Waals surface area contributed by atoms with Gasteiger partial charge in [-0.15, -0.1) is 6.58 Å². The van der Waals surface area contributed by atoms with Crippen molar-refractivity contribution in [1.82, 2.24) is 15.5 Å². The average Bonchev–Trinajstić information content (AvgIpc) is 2.32. The summed E-state index contributed by atoms with van der Waals surface area (Å²) in [5, 5.41) is 14.1. The minimum atomic E-state index is -0.470. The second kappa shape index (κ2) is 7.03. The summed E-state index contributed by atoms with van der Waals surface area (Å²) in [6, 6.07) is -0.470. The zero-order valence-corrected chi connectivity index (χ0v) is 9.82. The van der Waals surface area contributed by atoms with E-state index in [0.717, 1.165) is 0 Å². The first kappa shape index (κ1) is 13.7. The Morgan fingerprint density at radius 3 is 3.12 bits per heavy atom. The number of aliphatic hydroxyl groups is 1. The number of aliphatic hydroxyl groups excluding tert-OH is 1. The summed E-state index contributed by atoms with van der Waals surface area (Å²) in [6.07, 6.45) is 1.78. The van der Waals surface area contributed by atoms with Crippen LogP contribution in [0, 0.1) is 0 Å². The Bertz CT molecular complexity index is 294. The summed E-state index contributed by atoms with van der Waals surface area (Å²) in [5.74, 6) is -0.305. The fourth-order valence-electron chi connectivity index (χ4n) is 1.74. The number of carbonyl (C=O) groups excluding carboxylic acids is 2. The highest BCUT2D eigenvalue weighted by Crippen LogP contribution is 2.05. The summed E-state index contributed by atoms with van der Waals surface area (Å²) in [5.41, 5.74) is 0. The van der Waals surface area contributed by atoms with Crippen molar-refractivity contribution in [3.63, 3.8) is 0 Å². The van der Waals surface area contributed by atoms with Crippen molar-refractivity contribution in [2.75, 3.05) is 32.8 Å². The summed E-state index contributed by atoms with van der Waals surface area (Å²) < 4.78 is 0. The van der Waals surface area contributed by atoms with Gasteiger partial charge in [0, 0.05) is 26.2 Å². The quantitative estimate of drug-likeness (QED) is 0.493. The standard InChI is InChI=1S/C11H19N3O3/c1-2-5-14-6-3-12-9(11(14)17)8-10(16)13-4-7-15/h2,9,12,15H,1,3-8H2,(H,13,16). The summed E-state index contributed by atoms with van der Waals surface area (Å²) in [7, 11) is 0. The van der Waals surface area contributed by atoms with E-state index in [1.807, 2.05) is 0 Å². The van der Waals surface area contributed by atoms with E-state index in [9.17, 15) is 9.59 Å². The Hall–Kier alpha value is -1.40. The fourth-order valence-corrected chi connectivity index (χ4v) is 1.74. The monoisotopic (exact) mass is 241 g/mol. The molecule has 3 N–H and O–H groups in total. The van der Waals surface area contributed by atoms with Gasteiger partial charge in [-0.05, 0) is 0 Å². The van der Waals surface area contributed by atoms with E-state index >= 15 is 0 Å². The SMILES string of the molecule is C=CCN1CCNC(CC(=O)NCCO)C1=O. The van der Waals surface area contributed by atoms with Gasteiger partial charge in [-0.25, -0.2) is 0 Å². The molecule has 1 aliphatic heterocycles. The van der Waals surface area contributed by atoms with Gasteiger partial charge in [-0.1, -0.05) is 6.08 Å². The van der Waals surface area contributed by atoms with Crippen LogP contribution < -0.4 is 10.6 Å². The van der Waals surface area contributed by atoms with Crippen molar-refractivity contribution < 1.29 is 14.7 Å². The number of piperazine rings is 1. The molecule has 6 nitrogen and oxygen atoms in total. The lowest BCUT2D eigenvalue weighted by Gasteiger charge is -2.32. The number of hydrogen-bond donors (Lipinski definition) is 3. The molecule has 0 aromatic rings. The van der Waals surface area contributed by atoms with Crippen LogP contribution in [-0.2, 0) is 9.59 Å². The zero-order valence-electron chi connectivity index (χ0n) is 9.82. The minimum Gasteiger partial charge on any atom is -0.395 e. The van der Waals surface area contributed by atoms with Gasteiger partial charge in [-0.3, -0.25) is 9.59 Å². The first-order valence-corrected chi connectivity index (χ1v) is 5.69. The lowest BCUT2D eigenvalue weighted by atomic mass is 10.1. The summed E-state index contributed by atoms with van der Waals surface area (Å²) in [4.78, 5) is 25.0. The molecule has 1 fully saturated rings. The van der Waals surface area contributed by atoms with Gasteiger partial charge in [-0.2, -0.15) is 0 Å². The second-order valence-corrected chi connectivity index (χ2v) is 3.86. The van der Waals surface area contributed by atoms with Crippen LogP contribution in [-0.4, -0.2) is 60.6 Å². The van der Waals surface area contributed by atoms with Crippen molar-refractivity contribution in [3.05, 3.63) is 12.7 Å². The molecule has 0 bridgehead atoms. The van der Waals surface area contributed by atoms with E-state index in [2.05, 4.69) is 17.2 Å². The van der Waals surface area contributed by atoms with Gasteiger partial charge < -0.3 is 20.6 Å². The van der Waals surface area contributed by atoms with Crippen molar-refractivity contribution in [2.45, 2.75) is 12.5 Å². The van der Waals surface area contributed by atoms with Gasteiger partial charge in [0.05, 0.1) is 19.1 Å². The minimum absolute atomic E-state index is 0.0738. The molecule has 0 aromatic carbocycles. The molecule has 0 radical (unpaired) electrons. The van der Waals surface area contributed by atoms with Crippen molar-refractivity contribution in [1.29, 1.82) is 0 Å². The van der Waals surface area contributed by atoms with Gasteiger partial charge in [0.25, 0.3) is 0 Å². The van der Waals surface area contributed by atoms with Crippen LogP contribution in [0.2, 0.25) is 0 Å². The lowest BCUT2D eigenvalue weighted by Crippen LogP contribution is -2.56. The van der Waals surface area contributed by atoms with Gasteiger partial charge >= 0.3 is 0 Å². The number of amides is 2. The van der Waals surface area contributed by atoms with Gasteiger partial charge in [0.1, 0.15) is 0 Å². The molecule has 0 aromatic heterocycles. The second-order valence-electron chi connectivity index (χ2n) is 3.86. The Balaban J connectivity index is 2.44. The largest absolute Gasteiger partial charge is 0.395 e. The number of nitrogens with one attached hydrogen (secondary N) is 2. The average molecular weight is 241 g/mol. The molecule has 1 aliphatic rings. The molecule has 96 valence electrons. The van der Waals surface area contributed by atoms with E-state index in [-0.39, 0.29) is 31.4 Å². The van der Waals surface area contributed by atoms with E-state index in [1.54, 1.807) is 11.0 Å². The van der Waals surface area contributed by atoms with Crippen LogP contribution in [0.3, 0.4) is 0 Å². The topological polar surface area (TPSA) is 81.7 Å². The van der Waals surface area contributed by atoms with Gasteiger partial charge in [0.2, 0.25) is 11.8 Å². The molecule has 0 saturated carbocycles. The summed E-state index contributed by atoms with van der Waals surface area (Å²) in [6.45, 7) is 5.54. The number of rotatable bonds is 6. The highest BCUT2D eigenvalue weighted by molar-refractivity contribution is 5.89. The highest BCUT2D eigenvalue weighted by Gasteiger charge is 2.29.